The van der Waals surface area contributed by atoms with Gasteiger partial charge in [-0.1, -0.05) is 144 Å². The first-order valence-electron chi connectivity index (χ1n) is 22.0. The zero-order chi connectivity index (χ0) is 42.9. The normalized spacial score (nSPS) is 14.2. The third-order valence-electron chi connectivity index (χ3n) is 14.2. The molecule has 7 aromatic carbocycles. The maximum Gasteiger partial charge on any atom is 0.0720 e. The fourth-order valence-corrected chi connectivity index (χ4v) is 15.0. The lowest BCUT2D eigenvalue weighted by Crippen LogP contribution is -2.30. The molecule has 4 heterocycles. The van der Waals surface area contributed by atoms with E-state index in [0.717, 1.165) is 0 Å². The second kappa shape index (κ2) is 14.2. The SMILES string of the molecule is Cc1ccc(C2(c3ccc(C)cc3)c3cc4c(cc3-c3ccc5sc(-c6cccs6)cc5c32)C(c2ccc(C)cc2)(c2ccc(C)cc2)c2c-4ccc3sc(-c4cccs4)cc23)cc1. The summed E-state index contributed by atoms with van der Waals surface area (Å²) in [5.74, 6) is 0. The first-order valence-corrected chi connectivity index (χ1v) is 25.4. The second-order valence-corrected chi connectivity index (χ2v) is 21.9. The van der Waals surface area contributed by atoms with Crippen LogP contribution in [0.15, 0.2) is 181 Å². The van der Waals surface area contributed by atoms with Gasteiger partial charge in [-0.05, 0) is 165 Å². The maximum atomic E-state index is 2.64. The Hall–Kier alpha value is -6.14. The highest BCUT2D eigenvalue weighted by atomic mass is 32.1. The van der Waals surface area contributed by atoms with Gasteiger partial charge in [-0.3, -0.25) is 0 Å². The van der Waals surface area contributed by atoms with Gasteiger partial charge in [0.15, 0.2) is 0 Å². The van der Waals surface area contributed by atoms with Crippen LogP contribution < -0.4 is 0 Å². The molecule has 11 aromatic rings. The van der Waals surface area contributed by atoms with E-state index >= 15 is 0 Å². The largest absolute Gasteiger partial charge is 0.143 e. The van der Waals surface area contributed by atoms with Gasteiger partial charge in [0, 0.05) is 28.9 Å². The molecule has 4 heteroatoms. The Morgan fingerprint density at radius 3 is 0.984 bits per heavy atom. The van der Waals surface area contributed by atoms with E-state index in [4.69, 9.17) is 0 Å². The molecule has 0 amide bonds. The molecule has 64 heavy (non-hydrogen) atoms. The highest BCUT2D eigenvalue weighted by molar-refractivity contribution is 7.26. The van der Waals surface area contributed by atoms with E-state index < -0.39 is 10.8 Å². The number of fused-ring (bicyclic) bond motifs is 10. The number of thiophene rings is 4. The molecule has 0 bridgehead atoms. The molecule has 13 rings (SSSR count). The predicted octanol–water partition coefficient (Wildman–Crippen LogP) is 17.5. The summed E-state index contributed by atoms with van der Waals surface area (Å²) >= 11 is 7.49. The van der Waals surface area contributed by atoms with Gasteiger partial charge in [0.2, 0.25) is 0 Å². The van der Waals surface area contributed by atoms with Crippen molar-refractivity contribution in [1.29, 1.82) is 0 Å². The molecule has 0 fully saturated rings. The zero-order valence-corrected chi connectivity index (χ0v) is 39.2. The number of rotatable bonds is 6. The molecule has 0 spiro atoms. The fourth-order valence-electron chi connectivity index (χ4n) is 11.2. The first kappa shape index (κ1) is 38.3. The molecule has 2 aliphatic rings. The molecule has 0 nitrogen and oxygen atoms in total. The summed E-state index contributed by atoms with van der Waals surface area (Å²) in [5, 5.41) is 7.08. The molecule has 0 saturated carbocycles. The van der Waals surface area contributed by atoms with Crippen molar-refractivity contribution in [1.82, 2.24) is 0 Å². The Balaban J connectivity index is 1.21. The van der Waals surface area contributed by atoms with E-state index in [9.17, 15) is 0 Å². The van der Waals surface area contributed by atoms with Gasteiger partial charge in [0.05, 0.1) is 10.8 Å². The summed E-state index contributed by atoms with van der Waals surface area (Å²) in [6, 6.07) is 66.6. The minimum Gasteiger partial charge on any atom is -0.143 e. The third-order valence-corrected chi connectivity index (χ3v) is 18.5. The molecule has 0 radical (unpaired) electrons. The van der Waals surface area contributed by atoms with Gasteiger partial charge in [-0.2, -0.15) is 0 Å². The standard InChI is InChI=1S/C60H42S4/c1-35-9-17-39(18-10-35)59(40-19-11-36(2)12-20-40)49-31-46-44-26-28-52-48(34-56(64-52)54-8-6-30-62-54)58(44)60(41-21-13-37(3)14-22-41,42-23-15-38(4)16-24-42)50(46)32-45(49)43-25-27-51-47(57(43)59)33-55(63-51)53-7-5-29-61-53/h5-34H,1-4H3. The summed E-state index contributed by atoms with van der Waals surface area (Å²) in [6.07, 6.45) is 0. The van der Waals surface area contributed by atoms with Gasteiger partial charge in [0.25, 0.3) is 0 Å². The monoisotopic (exact) mass is 890 g/mol. The van der Waals surface area contributed by atoms with E-state index in [0.29, 0.717) is 0 Å². The minimum atomic E-state index is -0.577. The highest BCUT2D eigenvalue weighted by Gasteiger charge is 2.52. The first-order chi connectivity index (χ1) is 31.3. The Kier molecular flexibility index (Phi) is 8.49. The molecule has 2 aliphatic carbocycles. The average Bonchev–Trinajstić information content (AvgIpc) is 4.18. The quantitative estimate of drug-likeness (QED) is 0.156. The average molecular weight is 891 g/mol. The number of hydrogen-bond donors (Lipinski definition) is 0. The molecule has 0 saturated heterocycles. The van der Waals surface area contributed by atoms with E-state index in [1.165, 1.54) is 129 Å². The lowest BCUT2D eigenvalue weighted by molar-refractivity contribution is 0.764. The van der Waals surface area contributed by atoms with Crippen LogP contribution in [0.2, 0.25) is 0 Å². The Bertz CT molecular complexity index is 3260. The molecular formula is C60H42S4. The van der Waals surface area contributed by atoms with Crippen molar-refractivity contribution in [2.75, 3.05) is 0 Å². The summed E-state index contributed by atoms with van der Waals surface area (Å²) in [5.41, 5.74) is 19.9. The van der Waals surface area contributed by atoms with Crippen molar-refractivity contribution in [3.05, 3.63) is 247 Å². The Morgan fingerprint density at radius 2 is 0.672 bits per heavy atom. The highest BCUT2D eigenvalue weighted by Crippen LogP contribution is 2.65. The minimum absolute atomic E-state index is 0.577. The predicted molar refractivity (Wildman–Crippen MR) is 277 cm³/mol. The molecule has 0 unspecified atom stereocenters. The Labute approximate surface area is 390 Å². The molecule has 0 aliphatic heterocycles. The summed E-state index contributed by atoms with van der Waals surface area (Å²) in [4.78, 5) is 5.29. The second-order valence-electron chi connectivity index (χ2n) is 17.9. The molecule has 0 N–H and O–H groups in total. The van der Waals surface area contributed by atoms with Crippen molar-refractivity contribution in [2.45, 2.75) is 38.5 Å². The van der Waals surface area contributed by atoms with Crippen LogP contribution in [0.25, 0.3) is 61.9 Å². The van der Waals surface area contributed by atoms with Crippen LogP contribution in [0.1, 0.15) is 66.8 Å². The zero-order valence-electron chi connectivity index (χ0n) is 36.0. The van der Waals surface area contributed by atoms with Gasteiger partial charge in [-0.25, -0.2) is 0 Å². The topological polar surface area (TPSA) is 0 Å². The van der Waals surface area contributed by atoms with Crippen LogP contribution in [0.4, 0.5) is 0 Å². The van der Waals surface area contributed by atoms with Crippen LogP contribution in [-0.4, -0.2) is 0 Å². The van der Waals surface area contributed by atoms with E-state index in [2.05, 4.69) is 208 Å². The lowest BCUT2D eigenvalue weighted by atomic mass is 9.65. The maximum absolute atomic E-state index is 2.64. The van der Waals surface area contributed by atoms with Gasteiger partial charge in [0.1, 0.15) is 0 Å². The fraction of sp³-hybridized carbons (Fsp3) is 0.100. The van der Waals surface area contributed by atoms with E-state index in [1.807, 2.05) is 45.3 Å². The van der Waals surface area contributed by atoms with Crippen LogP contribution in [0.5, 0.6) is 0 Å². The van der Waals surface area contributed by atoms with Gasteiger partial charge >= 0.3 is 0 Å². The van der Waals surface area contributed by atoms with Crippen LogP contribution in [-0.2, 0) is 10.8 Å². The molecular weight excluding hydrogens is 849 g/mol. The van der Waals surface area contributed by atoms with E-state index in [-0.39, 0.29) is 0 Å². The van der Waals surface area contributed by atoms with Crippen molar-refractivity contribution >= 4 is 65.5 Å². The number of benzene rings is 7. The van der Waals surface area contributed by atoms with Crippen LogP contribution in [0.3, 0.4) is 0 Å². The summed E-state index contributed by atoms with van der Waals surface area (Å²) < 4.78 is 2.65. The molecule has 0 atom stereocenters. The van der Waals surface area contributed by atoms with Crippen molar-refractivity contribution in [2.24, 2.45) is 0 Å². The number of aryl methyl sites for hydroxylation is 4. The molecule has 306 valence electrons. The van der Waals surface area contributed by atoms with Crippen molar-refractivity contribution in [3.63, 3.8) is 0 Å². The molecule has 4 aromatic heterocycles. The van der Waals surface area contributed by atoms with Crippen LogP contribution in [0, 0.1) is 27.7 Å². The third kappa shape index (κ3) is 5.31. The number of hydrogen-bond acceptors (Lipinski definition) is 4. The lowest BCUT2D eigenvalue weighted by Gasteiger charge is -2.36. The van der Waals surface area contributed by atoms with Crippen molar-refractivity contribution in [3.8, 4) is 41.8 Å². The smallest absolute Gasteiger partial charge is 0.0720 e. The summed E-state index contributed by atoms with van der Waals surface area (Å²) in [7, 11) is 0. The Morgan fingerprint density at radius 1 is 0.328 bits per heavy atom. The van der Waals surface area contributed by atoms with E-state index in [1.54, 1.807) is 0 Å². The van der Waals surface area contributed by atoms with Crippen LogP contribution >= 0.6 is 45.3 Å². The summed E-state index contributed by atoms with van der Waals surface area (Å²) in [6.45, 7) is 8.82. The van der Waals surface area contributed by atoms with Gasteiger partial charge in [-0.15, -0.1) is 45.3 Å². The van der Waals surface area contributed by atoms with Gasteiger partial charge < -0.3 is 0 Å². The van der Waals surface area contributed by atoms with Crippen molar-refractivity contribution < 1.29 is 0 Å².